The number of hydrogen-bond acceptors (Lipinski definition) is 4. The van der Waals surface area contributed by atoms with Crippen molar-refractivity contribution >= 4 is 38.4 Å². The third kappa shape index (κ3) is 4.97. The zero-order valence-corrected chi connectivity index (χ0v) is 10.1. The highest BCUT2D eigenvalue weighted by Gasteiger charge is 2.04. The molecule has 0 spiro atoms. The van der Waals surface area contributed by atoms with Gasteiger partial charge in [0.2, 0.25) is 0 Å². The smallest absolute Gasteiger partial charge is 0.263 e. The molecule has 0 atom stereocenters. The van der Waals surface area contributed by atoms with Crippen LogP contribution in [-0.2, 0) is 19.8 Å². The normalized spacial score (nSPS) is 11.6. The monoisotopic (exact) mass is 298 g/mol. The molecule has 1 aromatic rings. The van der Waals surface area contributed by atoms with E-state index in [0.717, 1.165) is 10.0 Å². The summed E-state index contributed by atoms with van der Waals surface area (Å²) >= 11 is 3.94. The molecule has 0 amide bonds. The van der Waals surface area contributed by atoms with Crippen LogP contribution in [0.15, 0.2) is 28.7 Å². The van der Waals surface area contributed by atoms with Crippen LogP contribution in [0.5, 0.6) is 0 Å². The lowest BCUT2D eigenvalue weighted by molar-refractivity contribution is 0.407. The molecule has 4 nitrogen and oxygen atoms in total. The van der Waals surface area contributed by atoms with Gasteiger partial charge in [0.1, 0.15) is 0 Å². The summed E-state index contributed by atoms with van der Waals surface area (Å²) < 4.78 is 33.7. The van der Waals surface area contributed by atoms with Crippen LogP contribution in [0.4, 0.5) is 0 Å². The lowest BCUT2D eigenvalue weighted by Crippen LogP contribution is -1.97. The summed E-state index contributed by atoms with van der Waals surface area (Å²) in [5.74, 6) is 0.354. The third-order valence-electron chi connectivity index (χ3n) is 1.27. The van der Waals surface area contributed by atoms with E-state index in [0.29, 0.717) is 17.8 Å². The van der Waals surface area contributed by atoms with Gasteiger partial charge in [-0.05, 0) is 17.7 Å². The molecule has 0 heterocycles. The summed E-state index contributed by atoms with van der Waals surface area (Å²) in [7, 11) is -4.35. The Bertz CT molecular complexity index is 387. The maximum absolute atomic E-state index is 10.2. The predicted octanol–water partition coefficient (Wildman–Crippen LogP) is 2.42. The fourth-order valence-corrected chi connectivity index (χ4v) is 2.01. The Morgan fingerprint density at radius 3 is 2.43 bits per heavy atom. The second-order valence-electron chi connectivity index (χ2n) is 2.38. The molecule has 0 saturated heterocycles. The van der Waals surface area contributed by atoms with Gasteiger partial charge in [-0.25, -0.2) is 0 Å². The quantitative estimate of drug-likeness (QED) is 0.683. The molecule has 0 aliphatic carbocycles. The Hall–Kier alpha value is -0.0800. The Balaban J connectivity index is 2.43. The van der Waals surface area contributed by atoms with Gasteiger partial charge >= 0.3 is 10.4 Å². The van der Waals surface area contributed by atoms with Crippen molar-refractivity contribution in [2.75, 3.05) is 0 Å². The number of hydrogen-bond donors (Lipinski definition) is 1. The van der Waals surface area contributed by atoms with Crippen LogP contribution in [0.3, 0.4) is 0 Å². The highest BCUT2D eigenvalue weighted by molar-refractivity contribution is 9.10. The van der Waals surface area contributed by atoms with Gasteiger partial charge in [-0.1, -0.05) is 28.1 Å². The van der Waals surface area contributed by atoms with Crippen molar-refractivity contribution in [3.63, 3.8) is 0 Å². The molecule has 7 heteroatoms. The van der Waals surface area contributed by atoms with E-state index in [1.807, 2.05) is 24.3 Å². The zero-order chi connectivity index (χ0) is 10.6. The summed E-state index contributed by atoms with van der Waals surface area (Å²) in [6.45, 7) is 0. The van der Waals surface area contributed by atoms with Crippen LogP contribution in [0.2, 0.25) is 0 Å². The first kappa shape index (κ1) is 12.0. The lowest BCUT2D eigenvalue weighted by atomic mass is 10.2. The van der Waals surface area contributed by atoms with Gasteiger partial charge in [0.05, 0.1) is 0 Å². The maximum Gasteiger partial charge on any atom is 0.408 e. The summed E-state index contributed by atoms with van der Waals surface area (Å²) in [5, 5.41) is 0. The van der Waals surface area contributed by atoms with Gasteiger partial charge in [-0.3, -0.25) is 4.55 Å². The second-order valence-corrected chi connectivity index (χ2v) is 5.22. The molecule has 78 valence electrons. The third-order valence-corrected chi connectivity index (χ3v) is 3.33. The fraction of sp³-hybridized carbons (Fsp3) is 0.143. The van der Waals surface area contributed by atoms with Gasteiger partial charge in [-0.2, -0.15) is 12.0 Å². The van der Waals surface area contributed by atoms with Crippen LogP contribution in [-0.4, -0.2) is 13.0 Å². The minimum Gasteiger partial charge on any atom is -0.263 e. The van der Waals surface area contributed by atoms with Crippen molar-refractivity contribution in [3.8, 4) is 0 Å². The zero-order valence-electron chi connectivity index (χ0n) is 6.88. The average Bonchev–Trinajstić information content (AvgIpc) is 2.06. The molecule has 1 N–H and O–H groups in total. The number of rotatable bonds is 4. The van der Waals surface area contributed by atoms with Crippen molar-refractivity contribution in [1.82, 2.24) is 0 Å². The van der Waals surface area contributed by atoms with Crippen molar-refractivity contribution < 1.29 is 16.6 Å². The van der Waals surface area contributed by atoms with Crippen molar-refractivity contribution in [2.45, 2.75) is 5.75 Å². The molecule has 0 radical (unpaired) electrons. The van der Waals surface area contributed by atoms with Gasteiger partial charge in [0, 0.05) is 22.3 Å². The van der Waals surface area contributed by atoms with Crippen LogP contribution in [0.1, 0.15) is 5.56 Å². The fourth-order valence-electron chi connectivity index (χ4n) is 0.734. The second kappa shape index (κ2) is 5.13. The number of benzene rings is 1. The molecule has 0 aliphatic rings. The Morgan fingerprint density at radius 2 is 1.93 bits per heavy atom. The van der Waals surface area contributed by atoms with Crippen molar-refractivity contribution in [1.29, 1.82) is 0 Å². The predicted molar refractivity (Wildman–Crippen MR) is 58.1 cm³/mol. The lowest BCUT2D eigenvalue weighted by Gasteiger charge is -1.99. The van der Waals surface area contributed by atoms with E-state index in [4.69, 9.17) is 4.55 Å². The molecule has 1 aromatic carbocycles. The number of halogens is 1. The molecule has 0 fully saturated rings. The van der Waals surface area contributed by atoms with E-state index >= 15 is 0 Å². The molecule has 0 aromatic heterocycles. The van der Waals surface area contributed by atoms with Crippen molar-refractivity contribution in [3.05, 3.63) is 34.3 Å². The molecular formula is C7H7BrO4S2. The minimum atomic E-state index is -4.35. The summed E-state index contributed by atoms with van der Waals surface area (Å²) in [5.41, 5.74) is 0.904. The van der Waals surface area contributed by atoms with Gasteiger partial charge < -0.3 is 0 Å². The summed E-state index contributed by atoms with van der Waals surface area (Å²) in [4.78, 5) is 0. The Labute approximate surface area is 94.9 Å². The minimum absolute atomic E-state index is 0.354. The highest BCUT2D eigenvalue weighted by Crippen LogP contribution is 2.17. The maximum atomic E-state index is 10.2. The summed E-state index contributed by atoms with van der Waals surface area (Å²) in [6, 6.07) is 7.32. The SMILES string of the molecule is O=S(=O)(O)OSCc1ccc(Br)cc1. The van der Waals surface area contributed by atoms with E-state index in [-0.39, 0.29) is 0 Å². The van der Waals surface area contributed by atoms with E-state index in [2.05, 4.69) is 19.6 Å². The summed E-state index contributed by atoms with van der Waals surface area (Å²) in [6.07, 6.45) is 0. The first-order valence-corrected chi connectivity index (χ1v) is 6.57. The van der Waals surface area contributed by atoms with E-state index in [1.165, 1.54) is 0 Å². The molecule has 0 aliphatic heterocycles. The van der Waals surface area contributed by atoms with E-state index in [9.17, 15) is 8.42 Å². The first-order valence-electron chi connectivity index (χ1n) is 3.50. The van der Waals surface area contributed by atoms with Crippen LogP contribution in [0, 0.1) is 0 Å². The topological polar surface area (TPSA) is 63.6 Å². The molecule has 0 bridgehead atoms. The van der Waals surface area contributed by atoms with Crippen LogP contribution in [0.25, 0.3) is 0 Å². The van der Waals surface area contributed by atoms with Gasteiger partial charge in [0.25, 0.3) is 0 Å². The highest BCUT2D eigenvalue weighted by atomic mass is 79.9. The largest absolute Gasteiger partial charge is 0.408 e. The first-order chi connectivity index (χ1) is 6.47. The molecule has 14 heavy (non-hydrogen) atoms. The van der Waals surface area contributed by atoms with E-state index in [1.54, 1.807) is 0 Å². The van der Waals surface area contributed by atoms with Crippen LogP contribution >= 0.6 is 28.0 Å². The van der Waals surface area contributed by atoms with Gasteiger partial charge in [0.15, 0.2) is 0 Å². The van der Waals surface area contributed by atoms with E-state index < -0.39 is 10.4 Å². The standard InChI is InChI=1S/C7H7BrO4S2/c8-7-3-1-6(2-4-7)5-13-12-14(9,10)11/h1-4H,5H2,(H,9,10,11). The molecule has 0 unspecified atom stereocenters. The molecular weight excluding hydrogens is 292 g/mol. The van der Waals surface area contributed by atoms with Gasteiger partial charge in [-0.15, -0.1) is 0 Å². The van der Waals surface area contributed by atoms with Crippen molar-refractivity contribution in [2.24, 2.45) is 0 Å². The van der Waals surface area contributed by atoms with Crippen LogP contribution < -0.4 is 0 Å². The Kier molecular flexibility index (Phi) is 4.39. The molecule has 0 saturated carbocycles. The average molecular weight is 299 g/mol. The molecule has 1 rings (SSSR count). The Morgan fingerprint density at radius 1 is 1.36 bits per heavy atom.